The minimum Gasteiger partial charge on any atom is -0.368 e. The SMILES string of the molecule is Cc1c(NN)nc(C(C)C)nc1NCC(C)S(C)=O. The highest BCUT2D eigenvalue weighted by atomic mass is 32.2. The summed E-state index contributed by atoms with van der Waals surface area (Å²) < 4.78 is 11.4. The van der Waals surface area contributed by atoms with Crippen LogP contribution in [-0.4, -0.2) is 32.2 Å². The maximum atomic E-state index is 11.4. The predicted molar refractivity (Wildman–Crippen MR) is 80.7 cm³/mol. The lowest BCUT2D eigenvalue weighted by molar-refractivity contribution is 0.678. The molecule has 0 amide bonds. The minimum absolute atomic E-state index is 0.0613. The second kappa shape index (κ2) is 6.81. The summed E-state index contributed by atoms with van der Waals surface area (Å²) >= 11 is 0. The first-order valence-corrected chi connectivity index (χ1v) is 7.90. The first-order valence-electron chi connectivity index (χ1n) is 6.28. The van der Waals surface area contributed by atoms with Crippen LogP contribution in [0.5, 0.6) is 0 Å². The van der Waals surface area contributed by atoms with Crippen molar-refractivity contribution < 1.29 is 4.21 Å². The Morgan fingerprint density at radius 2 is 1.84 bits per heavy atom. The van der Waals surface area contributed by atoms with Gasteiger partial charge in [-0.2, -0.15) is 0 Å². The normalized spacial score (nSPS) is 14.3. The van der Waals surface area contributed by atoms with Crippen LogP contribution in [0.2, 0.25) is 0 Å². The first-order chi connectivity index (χ1) is 8.86. The molecule has 0 saturated heterocycles. The quantitative estimate of drug-likeness (QED) is 0.540. The van der Waals surface area contributed by atoms with Crippen molar-refractivity contribution in [1.82, 2.24) is 9.97 Å². The molecule has 19 heavy (non-hydrogen) atoms. The number of hydrazine groups is 1. The Balaban J connectivity index is 2.98. The Bertz CT molecular complexity index is 464. The average Bonchev–Trinajstić information content (AvgIpc) is 2.36. The van der Waals surface area contributed by atoms with Crippen molar-refractivity contribution in [1.29, 1.82) is 0 Å². The maximum Gasteiger partial charge on any atom is 0.148 e. The van der Waals surface area contributed by atoms with E-state index in [1.807, 2.05) is 27.7 Å². The van der Waals surface area contributed by atoms with Gasteiger partial charge < -0.3 is 10.7 Å². The van der Waals surface area contributed by atoms with Crippen molar-refractivity contribution in [2.24, 2.45) is 5.84 Å². The van der Waals surface area contributed by atoms with Gasteiger partial charge in [-0.25, -0.2) is 15.8 Å². The Hall–Kier alpha value is -1.21. The molecule has 1 rings (SSSR count). The van der Waals surface area contributed by atoms with Crippen molar-refractivity contribution in [3.8, 4) is 0 Å². The zero-order valence-corrected chi connectivity index (χ0v) is 13.0. The summed E-state index contributed by atoms with van der Waals surface area (Å²) in [5.41, 5.74) is 3.45. The Morgan fingerprint density at radius 1 is 1.26 bits per heavy atom. The smallest absolute Gasteiger partial charge is 0.148 e. The van der Waals surface area contributed by atoms with Crippen molar-refractivity contribution in [3.05, 3.63) is 11.4 Å². The van der Waals surface area contributed by atoms with E-state index >= 15 is 0 Å². The number of nitrogens with zero attached hydrogens (tertiary/aromatic N) is 2. The van der Waals surface area contributed by atoms with E-state index in [0.717, 1.165) is 17.2 Å². The van der Waals surface area contributed by atoms with Crippen LogP contribution < -0.4 is 16.6 Å². The first kappa shape index (κ1) is 15.8. The largest absolute Gasteiger partial charge is 0.368 e. The van der Waals surface area contributed by atoms with Crippen molar-refractivity contribution in [2.45, 2.75) is 38.9 Å². The van der Waals surface area contributed by atoms with Gasteiger partial charge >= 0.3 is 0 Å². The van der Waals surface area contributed by atoms with E-state index in [9.17, 15) is 4.21 Å². The predicted octanol–water partition coefficient (Wildman–Crippen LogP) is 1.37. The Labute approximate surface area is 117 Å². The van der Waals surface area contributed by atoms with Crippen molar-refractivity contribution in [2.75, 3.05) is 23.5 Å². The molecule has 2 atom stereocenters. The Kier molecular flexibility index (Phi) is 5.68. The third-order valence-corrected chi connectivity index (χ3v) is 4.24. The van der Waals surface area contributed by atoms with Crippen LogP contribution in [0, 0.1) is 6.92 Å². The number of nitrogen functional groups attached to an aromatic ring is 1. The Morgan fingerprint density at radius 3 is 2.32 bits per heavy atom. The molecule has 0 aliphatic heterocycles. The lowest BCUT2D eigenvalue weighted by Gasteiger charge is -2.16. The fourth-order valence-corrected chi connectivity index (χ4v) is 1.78. The monoisotopic (exact) mass is 285 g/mol. The maximum absolute atomic E-state index is 11.4. The third-order valence-electron chi connectivity index (χ3n) is 2.94. The summed E-state index contributed by atoms with van der Waals surface area (Å²) in [7, 11) is -0.858. The molecule has 0 aliphatic carbocycles. The number of aromatic nitrogens is 2. The van der Waals surface area contributed by atoms with Crippen LogP contribution in [-0.2, 0) is 10.8 Å². The van der Waals surface area contributed by atoms with Gasteiger partial charge in [0.15, 0.2) is 0 Å². The summed E-state index contributed by atoms with van der Waals surface area (Å²) in [5.74, 6) is 7.77. The molecule has 0 fully saturated rings. The zero-order valence-electron chi connectivity index (χ0n) is 12.2. The zero-order chi connectivity index (χ0) is 14.6. The van der Waals surface area contributed by atoms with E-state index in [0.29, 0.717) is 12.4 Å². The van der Waals surface area contributed by atoms with Gasteiger partial charge in [-0.3, -0.25) is 4.21 Å². The highest BCUT2D eigenvalue weighted by molar-refractivity contribution is 7.84. The van der Waals surface area contributed by atoms with Gasteiger partial charge in [0.05, 0.1) is 0 Å². The molecule has 2 unspecified atom stereocenters. The summed E-state index contributed by atoms with van der Waals surface area (Å²) in [6.07, 6.45) is 1.70. The molecule has 7 heteroatoms. The number of hydrogen-bond acceptors (Lipinski definition) is 6. The van der Waals surface area contributed by atoms with Crippen LogP contribution in [0.15, 0.2) is 0 Å². The van der Waals surface area contributed by atoms with Gasteiger partial charge in [-0.1, -0.05) is 13.8 Å². The van der Waals surface area contributed by atoms with Crippen LogP contribution in [0.4, 0.5) is 11.6 Å². The molecule has 0 spiro atoms. The summed E-state index contributed by atoms with van der Waals surface area (Å²) in [5, 5.41) is 3.29. The number of nitrogens with two attached hydrogens (primary N) is 1. The number of rotatable bonds is 6. The van der Waals surface area contributed by atoms with Crippen LogP contribution in [0.25, 0.3) is 0 Å². The molecule has 1 aromatic rings. The van der Waals surface area contributed by atoms with Crippen LogP contribution in [0.3, 0.4) is 0 Å². The third kappa shape index (κ3) is 4.14. The van der Waals surface area contributed by atoms with Crippen molar-refractivity contribution in [3.63, 3.8) is 0 Å². The molecule has 0 radical (unpaired) electrons. The second-order valence-corrected chi connectivity index (χ2v) is 6.70. The highest BCUT2D eigenvalue weighted by Gasteiger charge is 2.14. The molecular weight excluding hydrogens is 262 g/mol. The van der Waals surface area contributed by atoms with E-state index in [4.69, 9.17) is 5.84 Å². The lowest BCUT2D eigenvalue weighted by Crippen LogP contribution is -2.23. The molecule has 6 nitrogen and oxygen atoms in total. The molecule has 108 valence electrons. The van der Waals surface area contributed by atoms with E-state index < -0.39 is 10.8 Å². The van der Waals surface area contributed by atoms with E-state index in [2.05, 4.69) is 20.7 Å². The summed E-state index contributed by atoms with van der Waals surface area (Å²) in [6, 6.07) is 0. The van der Waals surface area contributed by atoms with Gasteiger partial charge in [0.1, 0.15) is 17.5 Å². The minimum atomic E-state index is -0.858. The molecule has 4 N–H and O–H groups in total. The van der Waals surface area contributed by atoms with Crippen LogP contribution >= 0.6 is 0 Å². The molecule has 0 aromatic carbocycles. The van der Waals surface area contributed by atoms with Crippen molar-refractivity contribution >= 4 is 22.4 Å². The van der Waals surface area contributed by atoms with Gasteiger partial charge in [-0.15, -0.1) is 0 Å². The molecule has 0 bridgehead atoms. The fourth-order valence-electron chi connectivity index (χ4n) is 1.46. The fraction of sp³-hybridized carbons (Fsp3) is 0.667. The number of anilines is 2. The summed E-state index contributed by atoms with van der Waals surface area (Å²) in [6.45, 7) is 8.49. The average molecular weight is 285 g/mol. The molecular formula is C12H23N5OS. The van der Waals surface area contributed by atoms with Gasteiger partial charge in [0.25, 0.3) is 0 Å². The molecule has 0 saturated carbocycles. The number of nitrogens with one attached hydrogen (secondary N) is 2. The summed E-state index contributed by atoms with van der Waals surface area (Å²) in [4.78, 5) is 8.86. The van der Waals surface area contributed by atoms with Gasteiger partial charge in [0.2, 0.25) is 0 Å². The van der Waals surface area contributed by atoms with Gasteiger partial charge in [0, 0.05) is 40.3 Å². The lowest BCUT2D eigenvalue weighted by atomic mass is 10.2. The second-order valence-electron chi connectivity index (χ2n) is 4.89. The van der Waals surface area contributed by atoms with Crippen LogP contribution in [0.1, 0.15) is 38.1 Å². The topological polar surface area (TPSA) is 92.9 Å². The number of hydrogen-bond donors (Lipinski definition) is 3. The van der Waals surface area contributed by atoms with Gasteiger partial charge in [-0.05, 0) is 13.8 Å². The van der Waals surface area contributed by atoms with E-state index in [-0.39, 0.29) is 11.2 Å². The highest BCUT2D eigenvalue weighted by Crippen LogP contribution is 2.22. The molecule has 0 aliphatic rings. The standard InChI is InChI=1S/C12H23N5OS/c1-7(2)10-15-11(9(4)12(16-10)17-13)14-6-8(3)19(5)18/h7-8H,6,13H2,1-5H3,(H2,14,15,16,17). The molecule has 1 heterocycles. The molecule has 1 aromatic heterocycles. The van der Waals surface area contributed by atoms with E-state index in [1.54, 1.807) is 6.26 Å². The van der Waals surface area contributed by atoms with E-state index in [1.165, 1.54) is 0 Å².